The van der Waals surface area contributed by atoms with Crippen molar-refractivity contribution >= 4 is 44.9 Å². The Kier molecular flexibility index (Phi) is 8.01. The molecule has 3 aromatic rings. The number of halogens is 2. The number of nitrogens with zero attached hydrogens (tertiary/aromatic N) is 1. The molecule has 1 saturated heterocycles. The third kappa shape index (κ3) is 5.92. The van der Waals surface area contributed by atoms with Crippen molar-refractivity contribution in [2.24, 2.45) is 11.3 Å². The van der Waals surface area contributed by atoms with Gasteiger partial charge in [0.05, 0.1) is 28.5 Å². The minimum atomic E-state index is -3.75. The monoisotopic (exact) mass is 599 g/mol. The van der Waals surface area contributed by atoms with Crippen molar-refractivity contribution in [3.8, 4) is 0 Å². The number of hydrogen-bond donors (Lipinski definition) is 1. The molecule has 0 bridgehead atoms. The molecule has 0 radical (unpaired) electrons. The van der Waals surface area contributed by atoms with E-state index in [9.17, 15) is 23.1 Å². The maximum atomic E-state index is 14.5. The molecular formula is C31H31Cl2NO5S. The van der Waals surface area contributed by atoms with E-state index in [0.29, 0.717) is 10.0 Å². The summed E-state index contributed by atoms with van der Waals surface area (Å²) in [5, 5.41) is 10.9. The lowest BCUT2D eigenvalue weighted by Crippen LogP contribution is -2.58. The molecule has 4 atom stereocenters. The standard InChI is InChI=1S/C31H31Cl2NO5S/c1-31(18-28(35)36)17-26(22-6-5-7-24(33)16-22)29(21-12-14-23(32)15-13-21)34(30(31)37)27(20-10-11-20)19-40(38,39)25-8-3-2-4-9-25/h2-9,12-16,20,26-27,29H,10-11,17-19H2,1H3,(H,35,36)/t26-,27-,29-,31+/m1/s1. The smallest absolute Gasteiger partial charge is 0.304 e. The number of sulfone groups is 1. The largest absolute Gasteiger partial charge is 0.481 e. The molecule has 0 aromatic heterocycles. The number of carboxylic acids is 1. The first kappa shape index (κ1) is 28.7. The van der Waals surface area contributed by atoms with Crippen LogP contribution in [0.3, 0.4) is 0 Å². The van der Waals surface area contributed by atoms with Gasteiger partial charge >= 0.3 is 5.97 Å². The van der Waals surface area contributed by atoms with Crippen molar-refractivity contribution in [3.63, 3.8) is 0 Å². The summed E-state index contributed by atoms with van der Waals surface area (Å²) >= 11 is 12.6. The fourth-order valence-electron chi connectivity index (χ4n) is 6.12. The highest BCUT2D eigenvalue weighted by Gasteiger charge is 2.55. The predicted molar refractivity (Wildman–Crippen MR) is 155 cm³/mol. The number of likely N-dealkylation sites (tertiary alicyclic amines) is 1. The molecule has 1 aliphatic carbocycles. The maximum Gasteiger partial charge on any atom is 0.304 e. The van der Waals surface area contributed by atoms with Gasteiger partial charge in [0.1, 0.15) is 0 Å². The molecule has 2 aliphatic rings. The average molecular weight is 601 g/mol. The average Bonchev–Trinajstić information content (AvgIpc) is 3.75. The maximum absolute atomic E-state index is 14.5. The molecule has 2 fully saturated rings. The highest BCUT2D eigenvalue weighted by molar-refractivity contribution is 7.91. The van der Waals surface area contributed by atoms with Crippen LogP contribution in [0, 0.1) is 11.3 Å². The van der Waals surface area contributed by atoms with Crippen LogP contribution in [0.2, 0.25) is 10.0 Å². The van der Waals surface area contributed by atoms with E-state index in [4.69, 9.17) is 23.2 Å². The quantitative estimate of drug-likeness (QED) is 0.292. The molecule has 1 heterocycles. The van der Waals surface area contributed by atoms with Crippen LogP contribution >= 0.6 is 23.2 Å². The van der Waals surface area contributed by atoms with Crippen LogP contribution in [0.25, 0.3) is 0 Å². The third-order valence-corrected chi connectivity index (χ3v) is 10.4. The molecule has 210 valence electrons. The summed E-state index contributed by atoms with van der Waals surface area (Å²) in [5.41, 5.74) is 0.427. The summed E-state index contributed by atoms with van der Waals surface area (Å²) in [7, 11) is -3.75. The molecular weight excluding hydrogens is 569 g/mol. The molecule has 0 unspecified atom stereocenters. The van der Waals surface area contributed by atoms with Gasteiger partial charge in [-0.2, -0.15) is 0 Å². The summed E-state index contributed by atoms with van der Waals surface area (Å²) in [5.74, 6) is -2.01. The van der Waals surface area contributed by atoms with Crippen molar-refractivity contribution in [2.75, 3.05) is 5.75 Å². The van der Waals surface area contributed by atoms with Crippen molar-refractivity contribution in [1.29, 1.82) is 0 Å². The fourth-order valence-corrected chi connectivity index (χ4v) is 8.09. The molecule has 1 N–H and O–H groups in total. The fraction of sp³-hybridized carbons (Fsp3) is 0.355. The van der Waals surface area contributed by atoms with Gasteiger partial charge in [-0.3, -0.25) is 9.59 Å². The Morgan fingerprint density at radius 2 is 1.65 bits per heavy atom. The van der Waals surface area contributed by atoms with E-state index in [2.05, 4.69) is 0 Å². The zero-order chi connectivity index (χ0) is 28.7. The number of carbonyl (C=O) groups is 2. The Balaban J connectivity index is 1.69. The first-order valence-electron chi connectivity index (χ1n) is 13.3. The topological polar surface area (TPSA) is 91.8 Å². The second kappa shape index (κ2) is 11.2. The summed E-state index contributed by atoms with van der Waals surface area (Å²) in [6, 6.07) is 21.7. The number of carbonyl (C=O) groups excluding carboxylic acids is 1. The van der Waals surface area contributed by atoms with Crippen LogP contribution < -0.4 is 0 Å². The number of benzene rings is 3. The number of piperidine rings is 1. The van der Waals surface area contributed by atoms with Crippen LogP contribution in [0.1, 0.15) is 55.7 Å². The Labute approximate surface area is 244 Å². The second-order valence-electron chi connectivity index (χ2n) is 11.2. The Morgan fingerprint density at radius 3 is 2.25 bits per heavy atom. The van der Waals surface area contributed by atoms with Crippen molar-refractivity contribution in [2.45, 2.75) is 55.5 Å². The van der Waals surface area contributed by atoms with Gasteiger partial charge < -0.3 is 10.0 Å². The molecule has 1 amide bonds. The van der Waals surface area contributed by atoms with Crippen LogP contribution in [-0.4, -0.2) is 42.1 Å². The zero-order valence-electron chi connectivity index (χ0n) is 22.0. The van der Waals surface area contributed by atoms with E-state index in [0.717, 1.165) is 24.0 Å². The van der Waals surface area contributed by atoms with E-state index in [1.165, 1.54) is 0 Å². The van der Waals surface area contributed by atoms with E-state index >= 15 is 0 Å². The summed E-state index contributed by atoms with van der Waals surface area (Å²) in [6.45, 7) is 1.68. The molecule has 6 nitrogen and oxygen atoms in total. The van der Waals surface area contributed by atoms with Gasteiger partial charge in [-0.25, -0.2) is 8.42 Å². The molecule has 3 aromatic carbocycles. The lowest BCUT2D eigenvalue weighted by molar-refractivity contribution is -0.160. The van der Waals surface area contributed by atoms with Gasteiger partial charge in [-0.05, 0) is 72.7 Å². The second-order valence-corrected chi connectivity index (χ2v) is 14.1. The summed E-state index contributed by atoms with van der Waals surface area (Å²) in [4.78, 5) is 28.4. The summed E-state index contributed by atoms with van der Waals surface area (Å²) in [6.07, 6.45) is 1.49. The molecule has 9 heteroatoms. The Hall–Kier alpha value is -2.87. The lowest BCUT2D eigenvalue weighted by atomic mass is 9.67. The highest BCUT2D eigenvalue weighted by atomic mass is 35.5. The highest BCUT2D eigenvalue weighted by Crippen LogP contribution is 2.54. The van der Waals surface area contributed by atoms with Gasteiger partial charge in [-0.15, -0.1) is 0 Å². The number of hydrogen-bond acceptors (Lipinski definition) is 4. The summed E-state index contributed by atoms with van der Waals surface area (Å²) < 4.78 is 27.4. The Bertz CT molecular complexity index is 1510. The first-order chi connectivity index (χ1) is 19.0. The number of carboxylic acid groups (broad SMARTS) is 1. The minimum absolute atomic E-state index is 0.00979. The minimum Gasteiger partial charge on any atom is -0.481 e. The molecule has 5 rings (SSSR count). The number of amides is 1. The Morgan fingerprint density at radius 1 is 0.975 bits per heavy atom. The molecule has 40 heavy (non-hydrogen) atoms. The van der Waals surface area contributed by atoms with Gasteiger partial charge in [0, 0.05) is 22.0 Å². The third-order valence-electron chi connectivity index (χ3n) is 8.15. The van der Waals surface area contributed by atoms with Crippen LogP contribution in [-0.2, 0) is 19.4 Å². The lowest BCUT2D eigenvalue weighted by Gasteiger charge is -2.52. The van der Waals surface area contributed by atoms with Gasteiger partial charge in [0.2, 0.25) is 5.91 Å². The normalized spacial score (nSPS) is 24.1. The van der Waals surface area contributed by atoms with Gasteiger partial charge in [-0.1, -0.05) is 72.6 Å². The number of rotatable bonds is 9. The van der Waals surface area contributed by atoms with Crippen molar-refractivity contribution in [1.82, 2.24) is 4.90 Å². The number of aliphatic carboxylic acids is 1. The van der Waals surface area contributed by atoms with Gasteiger partial charge in [0.25, 0.3) is 0 Å². The van der Waals surface area contributed by atoms with Crippen LogP contribution in [0.4, 0.5) is 0 Å². The van der Waals surface area contributed by atoms with E-state index in [1.807, 2.05) is 30.3 Å². The molecule has 0 spiro atoms. The first-order valence-corrected chi connectivity index (χ1v) is 15.7. The van der Waals surface area contributed by atoms with E-state index in [-0.39, 0.29) is 41.2 Å². The van der Waals surface area contributed by atoms with Crippen LogP contribution in [0.15, 0.2) is 83.8 Å². The van der Waals surface area contributed by atoms with Crippen LogP contribution in [0.5, 0.6) is 0 Å². The van der Waals surface area contributed by atoms with Gasteiger partial charge in [0.15, 0.2) is 9.84 Å². The zero-order valence-corrected chi connectivity index (χ0v) is 24.4. The van der Waals surface area contributed by atoms with Crippen molar-refractivity contribution < 1.29 is 23.1 Å². The van der Waals surface area contributed by atoms with E-state index in [1.54, 1.807) is 60.4 Å². The van der Waals surface area contributed by atoms with E-state index < -0.39 is 33.3 Å². The van der Waals surface area contributed by atoms with Crippen molar-refractivity contribution in [3.05, 3.63) is 100 Å². The molecule has 1 saturated carbocycles. The predicted octanol–water partition coefficient (Wildman–Crippen LogP) is 6.78. The SMILES string of the molecule is C[C@@]1(CC(=O)O)C[C@H](c2cccc(Cl)c2)[C@@H](c2ccc(Cl)cc2)N([C@H](CS(=O)(=O)c2ccccc2)C2CC2)C1=O. The molecule has 1 aliphatic heterocycles.